The van der Waals surface area contributed by atoms with E-state index in [0.717, 1.165) is 4.90 Å². The van der Waals surface area contributed by atoms with Crippen LogP contribution in [0.1, 0.15) is 20.3 Å². The van der Waals surface area contributed by atoms with Crippen LogP contribution in [0.5, 0.6) is 0 Å². The quantitative estimate of drug-likeness (QED) is 0.619. The highest BCUT2D eigenvalue weighted by atomic mass is 32.2. The Labute approximate surface area is 111 Å². The minimum absolute atomic E-state index is 0.317. The number of hydrogen-bond donors (Lipinski definition) is 0. The monoisotopic (exact) mass is 264 g/mol. The molecule has 0 unspecified atom stereocenters. The second-order valence-corrected chi connectivity index (χ2v) is 6.04. The summed E-state index contributed by atoms with van der Waals surface area (Å²) in [6.07, 6.45) is 0.690. The molecule has 2 atom stereocenters. The average molecular weight is 264 g/mol. The molecule has 0 radical (unpaired) electrons. The number of carbonyl (C=O) groups excluding carboxylic acids is 2. The van der Waals surface area contributed by atoms with Crippen LogP contribution in [0.2, 0.25) is 0 Å². The van der Waals surface area contributed by atoms with Gasteiger partial charge in [0.1, 0.15) is 5.25 Å². The van der Waals surface area contributed by atoms with E-state index in [1.807, 2.05) is 44.2 Å². The molecule has 4 heteroatoms. The number of ether oxygens (including phenoxy) is 1. The van der Waals surface area contributed by atoms with Gasteiger partial charge in [-0.3, -0.25) is 9.59 Å². The van der Waals surface area contributed by atoms with E-state index in [-0.39, 0.29) is 11.9 Å². The first-order valence-electron chi connectivity index (χ1n) is 6.05. The van der Waals surface area contributed by atoms with Gasteiger partial charge in [-0.2, -0.15) is 0 Å². The van der Waals surface area contributed by atoms with Crippen LogP contribution in [0.25, 0.3) is 0 Å². The summed E-state index contributed by atoms with van der Waals surface area (Å²) in [6, 6.07) is 9.64. The number of carbonyl (C=O) groups is 2. The molecular weight excluding hydrogens is 248 g/mol. The van der Waals surface area contributed by atoms with Gasteiger partial charge in [-0.15, -0.1) is 11.8 Å². The molecule has 0 N–H and O–H groups in total. The van der Waals surface area contributed by atoms with Gasteiger partial charge in [0.25, 0.3) is 0 Å². The van der Waals surface area contributed by atoms with Crippen LogP contribution in [0.15, 0.2) is 35.2 Å². The van der Waals surface area contributed by atoms with Crippen molar-refractivity contribution in [3.63, 3.8) is 0 Å². The Balaban J connectivity index is 2.13. The molecule has 1 heterocycles. The maximum atomic E-state index is 11.7. The van der Waals surface area contributed by atoms with E-state index in [9.17, 15) is 9.59 Å². The van der Waals surface area contributed by atoms with E-state index in [1.54, 1.807) is 0 Å². The molecule has 0 spiro atoms. The van der Waals surface area contributed by atoms with E-state index in [1.165, 1.54) is 11.8 Å². The fraction of sp³-hybridized carbons (Fsp3) is 0.429. The summed E-state index contributed by atoms with van der Waals surface area (Å²) < 4.78 is 4.76. The molecule has 3 nitrogen and oxygen atoms in total. The van der Waals surface area contributed by atoms with Crippen LogP contribution in [0.3, 0.4) is 0 Å². The van der Waals surface area contributed by atoms with Gasteiger partial charge >= 0.3 is 11.9 Å². The molecule has 0 amide bonds. The molecule has 0 saturated carbocycles. The van der Waals surface area contributed by atoms with Gasteiger partial charge in [-0.05, 0) is 24.5 Å². The van der Waals surface area contributed by atoms with Crippen molar-refractivity contribution in [1.29, 1.82) is 0 Å². The standard InChI is InChI=1S/C14H16O3S/c1-9(2)8-11-12(14(16)17-13(11)15)18-10-6-4-3-5-7-10/h3-7,9,11-12H,8H2,1-2H3/t11-,12-/m1/s1. The normalized spacial score (nSPS) is 23.5. The minimum Gasteiger partial charge on any atom is -0.392 e. The molecular formula is C14H16O3S. The second kappa shape index (κ2) is 5.57. The summed E-state index contributed by atoms with van der Waals surface area (Å²) in [5, 5.41) is -0.401. The van der Waals surface area contributed by atoms with Crippen molar-refractivity contribution >= 4 is 23.7 Å². The van der Waals surface area contributed by atoms with Crippen molar-refractivity contribution in [2.24, 2.45) is 11.8 Å². The second-order valence-electron chi connectivity index (χ2n) is 4.83. The molecule has 0 bridgehead atoms. The van der Waals surface area contributed by atoms with Crippen molar-refractivity contribution in [2.45, 2.75) is 30.4 Å². The van der Waals surface area contributed by atoms with E-state index < -0.39 is 11.2 Å². The number of thioether (sulfide) groups is 1. The Morgan fingerprint density at radius 2 is 1.83 bits per heavy atom. The van der Waals surface area contributed by atoms with Crippen molar-refractivity contribution in [3.05, 3.63) is 30.3 Å². The summed E-state index contributed by atoms with van der Waals surface area (Å²) >= 11 is 1.42. The lowest BCUT2D eigenvalue weighted by Gasteiger charge is -2.15. The van der Waals surface area contributed by atoms with Crippen molar-refractivity contribution in [2.75, 3.05) is 0 Å². The molecule has 0 aliphatic carbocycles. The maximum absolute atomic E-state index is 11.7. The molecule has 2 rings (SSSR count). The third-order valence-corrected chi connectivity index (χ3v) is 4.15. The number of esters is 2. The molecule has 1 aliphatic rings. The van der Waals surface area contributed by atoms with Crippen LogP contribution >= 0.6 is 11.8 Å². The fourth-order valence-electron chi connectivity index (χ4n) is 2.02. The average Bonchev–Trinajstić information content (AvgIpc) is 2.57. The van der Waals surface area contributed by atoms with Gasteiger partial charge in [0.05, 0.1) is 5.92 Å². The third-order valence-electron chi connectivity index (χ3n) is 2.83. The fourth-order valence-corrected chi connectivity index (χ4v) is 3.16. The lowest BCUT2D eigenvalue weighted by atomic mass is 9.95. The number of benzene rings is 1. The van der Waals surface area contributed by atoms with Gasteiger partial charge in [-0.25, -0.2) is 0 Å². The lowest BCUT2D eigenvalue weighted by Crippen LogP contribution is -2.22. The van der Waals surface area contributed by atoms with Crippen LogP contribution < -0.4 is 0 Å². The first-order chi connectivity index (χ1) is 8.58. The van der Waals surface area contributed by atoms with Crippen LogP contribution in [0, 0.1) is 11.8 Å². The Hall–Kier alpha value is -1.29. The zero-order valence-electron chi connectivity index (χ0n) is 10.5. The maximum Gasteiger partial charge on any atom is 0.327 e. The smallest absolute Gasteiger partial charge is 0.327 e. The highest BCUT2D eigenvalue weighted by Gasteiger charge is 2.44. The Morgan fingerprint density at radius 3 is 2.44 bits per heavy atom. The SMILES string of the molecule is CC(C)C[C@H]1C(=O)OC(=O)[C@@H]1Sc1ccccc1. The van der Waals surface area contributed by atoms with E-state index in [2.05, 4.69) is 0 Å². The topological polar surface area (TPSA) is 43.4 Å². The third kappa shape index (κ3) is 2.93. The predicted octanol–water partition coefficient (Wildman–Crippen LogP) is 2.89. The van der Waals surface area contributed by atoms with E-state index >= 15 is 0 Å². The van der Waals surface area contributed by atoms with Gasteiger partial charge in [0.15, 0.2) is 0 Å². The molecule has 1 aromatic rings. The molecule has 18 heavy (non-hydrogen) atoms. The Kier molecular flexibility index (Phi) is 4.07. The van der Waals surface area contributed by atoms with Crippen LogP contribution in [0.4, 0.5) is 0 Å². The zero-order chi connectivity index (χ0) is 13.1. The largest absolute Gasteiger partial charge is 0.392 e. The minimum atomic E-state index is -0.403. The molecule has 96 valence electrons. The van der Waals surface area contributed by atoms with Crippen LogP contribution in [-0.2, 0) is 14.3 Å². The first kappa shape index (κ1) is 13.1. The van der Waals surface area contributed by atoms with Crippen LogP contribution in [-0.4, -0.2) is 17.2 Å². The number of hydrogen-bond acceptors (Lipinski definition) is 4. The van der Waals surface area contributed by atoms with Gasteiger partial charge < -0.3 is 4.74 Å². The summed E-state index contributed by atoms with van der Waals surface area (Å²) in [6.45, 7) is 4.08. The zero-order valence-corrected chi connectivity index (χ0v) is 11.3. The molecule has 0 aromatic heterocycles. The summed E-state index contributed by atoms with van der Waals surface area (Å²) in [5.41, 5.74) is 0. The number of cyclic esters (lactones) is 2. The summed E-state index contributed by atoms with van der Waals surface area (Å²) in [5.74, 6) is -0.725. The lowest BCUT2D eigenvalue weighted by molar-refractivity contribution is -0.153. The Bertz CT molecular complexity index is 442. The van der Waals surface area contributed by atoms with E-state index in [4.69, 9.17) is 4.74 Å². The highest BCUT2D eigenvalue weighted by molar-refractivity contribution is 8.00. The van der Waals surface area contributed by atoms with E-state index in [0.29, 0.717) is 12.3 Å². The molecule has 1 saturated heterocycles. The van der Waals surface area contributed by atoms with Crippen molar-refractivity contribution in [3.8, 4) is 0 Å². The number of rotatable bonds is 4. The first-order valence-corrected chi connectivity index (χ1v) is 6.93. The Morgan fingerprint density at radius 1 is 1.17 bits per heavy atom. The van der Waals surface area contributed by atoms with Gasteiger partial charge in [-0.1, -0.05) is 32.0 Å². The summed E-state index contributed by atoms with van der Waals surface area (Å²) in [7, 11) is 0. The molecule has 1 fully saturated rings. The van der Waals surface area contributed by atoms with Crippen molar-refractivity contribution < 1.29 is 14.3 Å². The predicted molar refractivity (Wildman–Crippen MR) is 70.1 cm³/mol. The van der Waals surface area contributed by atoms with Crippen molar-refractivity contribution in [1.82, 2.24) is 0 Å². The van der Waals surface area contributed by atoms with Gasteiger partial charge in [0.2, 0.25) is 0 Å². The summed E-state index contributed by atoms with van der Waals surface area (Å²) in [4.78, 5) is 24.4. The highest BCUT2D eigenvalue weighted by Crippen LogP contribution is 2.36. The molecule has 1 aromatic carbocycles. The van der Waals surface area contributed by atoms with Gasteiger partial charge in [0, 0.05) is 4.90 Å². The molecule has 1 aliphatic heterocycles.